The van der Waals surface area contributed by atoms with Crippen LogP contribution in [-0.4, -0.2) is 135 Å². The van der Waals surface area contributed by atoms with Crippen LogP contribution in [0.3, 0.4) is 0 Å². The highest BCUT2D eigenvalue weighted by Crippen LogP contribution is 2.32. The smallest absolute Gasteiger partial charge is 0.187 e. The number of likely N-dealkylation sites (N-methyl/N-ethyl adjacent to an activating group) is 1. The first-order valence-electron chi connectivity index (χ1n) is 11.4. The van der Waals surface area contributed by atoms with Crippen LogP contribution in [0.1, 0.15) is 20.3 Å². The molecular formula is C20H40N4O10. The predicted molar refractivity (Wildman–Crippen MR) is 116 cm³/mol. The highest BCUT2D eigenvalue weighted by molar-refractivity contribution is 5.02. The predicted octanol–water partition coefficient (Wildman–Crippen LogP) is -5.61. The molecule has 200 valence electrons. The zero-order chi connectivity index (χ0) is 25.5. The van der Waals surface area contributed by atoms with Crippen LogP contribution in [0, 0.1) is 0 Å². The van der Waals surface area contributed by atoms with Crippen LogP contribution in [0.4, 0.5) is 0 Å². The molecular weight excluding hydrogens is 456 g/mol. The van der Waals surface area contributed by atoms with E-state index in [2.05, 4.69) is 5.32 Å². The summed E-state index contributed by atoms with van der Waals surface area (Å²) in [6, 6.07) is -3.01. The highest BCUT2D eigenvalue weighted by atomic mass is 16.7. The molecule has 0 aromatic heterocycles. The molecule has 3 aliphatic rings. The number of hydrogen-bond acceptors (Lipinski definition) is 14. The number of aliphatic hydroxyl groups is 6. The zero-order valence-corrected chi connectivity index (χ0v) is 19.5. The van der Waals surface area contributed by atoms with E-state index in [-0.39, 0.29) is 13.0 Å². The minimum absolute atomic E-state index is 0.140. The lowest BCUT2D eigenvalue weighted by molar-refractivity contribution is -0.332. The fourth-order valence-electron chi connectivity index (χ4n) is 4.94. The Hall–Kier alpha value is -0.560. The molecule has 1 saturated carbocycles. The van der Waals surface area contributed by atoms with Crippen LogP contribution in [0.2, 0.25) is 0 Å². The van der Waals surface area contributed by atoms with Gasteiger partial charge in [-0.2, -0.15) is 0 Å². The van der Waals surface area contributed by atoms with Gasteiger partial charge in [-0.1, -0.05) is 0 Å². The second-order valence-corrected chi connectivity index (χ2v) is 9.85. The third kappa shape index (κ3) is 5.40. The summed E-state index contributed by atoms with van der Waals surface area (Å²) in [6.07, 6.45) is -13.2. The summed E-state index contributed by atoms with van der Waals surface area (Å²) in [4.78, 5) is 0. The Bertz CT molecular complexity index is 675. The molecule has 0 bridgehead atoms. The fourth-order valence-corrected chi connectivity index (χ4v) is 4.94. The SMILES string of the molecule is CNC1C(O)C(OC2C(N)CC(N)C(OC3OC(C(C)N)C(O)C(O)C3O)C2O)OCC1(C)O. The van der Waals surface area contributed by atoms with Gasteiger partial charge in [0.2, 0.25) is 0 Å². The van der Waals surface area contributed by atoms with Crippen LogP contribution >= 0.6 is 0 Å². The minimum atomic E-state index is -1.64. The van der Waals surface area contributed by atoms with Crippen molar-refractivity contribution in [3.05, 3.63) is 0 Å². The summed E-state index contributed by atoms with van der Waals surface area (Å²) >= 11 is 0. The molecule has 14 heteroatoms. The minimum Gasteiger partial charge on any atom is -0.388 e. The number of rotatable bonds is 6. The van der Waals surface area contributed by atoms with Crippen molar-refractivity contribution < 1.29 is 49.6 Å². The van der Waals surface area contributed by atoms with E-state index < -0.39 is 91.2 Å². The number of nitrogens with two attached hydrogens (primary N) is 3. The van der Waals surface area contributed by atoms with Crippen molar-refractivity contribution in [2.75, 3.05) is 13.7 Å². The van der Waals surface area contributed by atoms with Crippen molar-refractivity contribution >= 4 is 0 Å². The summed E-state index contributed by atoms with van der Waals surface area (Å²) in [7, 11) is 1.57. The summed E-state index contributed by atoms with van der Waals surface area (Å²) < 4.78 is 22.7. The maximum Gasteiger partial charge on any atom is 0.187 e. The summed E-state index contributed by atoms with van der Waals surface area (Å²) in [5.74, 6) is 0. The maximum absolute atomic E-state index is 11.0. The van der Waals surface area contributed by atoms with E-state index in [4.69, 9.17) is 36.1 Å². The van der Waals surface area contributed by atoms with Crippen molar-refractivity contribution in [3.63, 3.8) is 0 Å². The molecule has 14 nitrogen and oxygen atoms in total. The van der Waals surface area contributed by atoms with Gasteiger partial charge in [0.15, 0.2) is 12.6 Å². The number of aliphatic hydroxyl groups excluding tert-OH is 5. The molecule has 0 aromatic rings. The molecule has 34 heavy (non-hydrogen) atoms. The average Bonchev–Trinajstić information content (AvgIpc) is 2.75. The van der Waals surface area contributed by atoms with Crippen LogP contribution in [0.25, 0.3) is 0 Å². The average molecular weight is 497 g/mol. The lowest BCUT2D eigenvalue weighted by Crippen LogP contribution is -2.69. The van der Waals surface area contributed by atoms with Gasteiger partial charge in [-0.15, -0.1) is 0 Å². The van der Waals surface area contributed by atoms with E-state index in [1.54, 1.807) is 14.0 Å². The van der Waals surface area contributed by atoms with E-state index in [1.807, 2.05) is 0 Å². The summed E-state index contributed by atoms with van der Waals surface area (Å²) in [6.45, 7) is 2.93. The number of nitrogens with one attached hydrogen (secondary N) is 1. The van der Waals surface area contributed by atoms with Gasteiger partial charge in [0.25, 0.3) is 0 Å². The Morgan fingerprint density at radius 3 is 2.00 bits per heavy atom. The Balaban J connectivity index is 1.73. The lowest BCUT2D eigenvalue weighted by atomic mass is 9.84. The van der Waals surface area contributed by atoms with E-state index >= 15 is 0 Å². The van der Waals surface area contributed by atoms with E-state index in [0.717, 1.165) is 0 Å². The largest absolute Gasteiger partial charge is 0.388 e. The first-order chi connectivity index (χ1) is 15.8. The van der Waals surface area contributed by atoms with Gasteiger partial charge >= 0.3 is 0 Å². The molecule has 0 aromatic carbocycles. The van der Waals surface area contributed by atoms with Crippen LogP contribution in [-0.2, 0) is 18.9 Å². The van der Waals surface area contributed by atoms with Gasteiger partial charge in [0.05, 0.1) is 12.6 Å². The molecule has 0 radical (unpaired) electrons. The van der Waals surface area contributed by atoms with Crippen LogP contribution < -0.4 is 22.5 Å². The maximum atomic E-state index is 11.0. The topological polar surface area (TPSA) is 248 Å². The normalized spacial score (nSPS) is 53.5. The quantitative estimate of drug-likeness (QED) is 0.165. The monoisotopic (exact) mass is 496 g/mol. The molecule has 2 aliphatic heterocycles. The molecule has 3 fully saturated rings. The van der Waals surface area contributed by atoms with Gasteiger partial charge < -0.3 is 72.1 Å². The van der Waals surface area contributed by atoms with Crippen LogP contribution in [0.15, 0.2) is 0 Å². The Morgan fingerprint density at radius 2 is 1.47 bits per heavy atom. The zero-order valence-electron chi connectivity index (χ0n) is 19.5. The summed E-state index contributed by atoms with van der Waals surface area (Å²) in [5, 5.41) is 65.6. The third-order valence-electron chi connectivity index (χ3n) is 6.91. The Kier molecular flexibility index (Phi) is 8.92. The van der Waals surface area contributed by atoms with Gasteiger partial charge in [-0.25, -0.2) is 0 Å². The van der Waals surface area contributed by atoms with E-state index in [9.17, 15) is 30.6 Å². The van der Waals surface area contributed by atoms with Crippen molar-refractivity contribution in [3.8, 4) is 0 Å². The molecule has 2 heterocycles. The Labute approximate surface area is 197 Å². The molecule has 3 rings (SSSR count). The molecule has 15 unspecified atom stereocenters. The van der Waals surface area contributed by atoms with Crippen molar-refractivity contribution in [2.24, 2.45) is 17.2 Å². The lowest BCUT2D eigenvalue weighted by Gasteiger charge is -2.49. The number of ether oxygens (including phenoxy) is 4. The van der Waals surface area contributed by atoms with Gasteiger partial charge in [0.1, 0.15) is 54.4 Å². The Morgan fingerprint density at radius 1 is 0.912 bits per heavy atom. The first kappa shape index (κ1) is 28.0. The molecule has 15 atom stereocenters. The molecule has 0 amide bonds. The van der Waals surface area contributed by atoms with Crippen molar-refractivity contribution in [2.45, 2.75) is 111 Å². The molecule has 2 saturated heterocycles. The van der Waals surface area contributed by atoms with E-state index in [1.165, 1.54) is 6.92 Å². The van der Waals surface area contributed by atoms with Gasteiger partial charge in [0, 0.05) is 18.1 Å². The second-order valence-electron chi connectivity index (χ2n) is 9.85. The van der Waals surface area contributed by atoms with Gasteiger partial charge in [-0.05, 0) is 27.3 Å². The van der Waals surface area contributed by atoms with Crippen LogP contribution in [0.5, 0.6) is 0 Å². The first-order valence-corrected chi connectivity index (χ1v) is 11.4. The summed E-state index contributed by atoms with van der Waals surface area (Å²) in [5.41, 5.74) is 16.8. The standard InChI is InChI=1S/C20H40N4O10/c1-6(21)14-10(26)9(25)11(27)19(32-14)34-16-8(23)4-7(22)15(12(16)28)33-18-13(29)17(24-3)20(2,30)5-31-18/h6-19,24-30H,4-5,21-23H2,1-3H3. The van der Waals surface area contributed by atoms with Crippen molar-refractivity contribution in [1.29, 1.82) is 0 Å². The van der Waals surface area contributed by atoms with E-state index in [0.29, 0.717) is 0 Å². The molecule has 1 aliphatic carbocycles. The number of hydrogen-bond donors (Lipinski definition) is 10. The molecule has 13 N–H and O–H groups in total. The molecule has 0 spiro atoms. The third-order valence-corrected chi connectivity index (χ3v) is 6.91. The fraction of sp³-hybridized carbons (Fsp3) is 1.00. The van der Waals surface area contributed by atoms with Crippen molar-refractivity contribution in [1.82, 2.24) is 5.32 Å². The second kappa shape index (κ2) is 10.8. The van der Waals surface area contributed by atoms with Gasteiger partial charge in [-0.3, -0.25) is 0 Å². The highest BCUT2D eigenvalue weighted by Gasteiger charge is 2.52.